The predicted molar refractivity (Wildman–Crippen MR) is 172 cm³/mol. The van der Waals surface area contributed by atoms with Crippen molar-refractivity contribution in [3.05, 3.63) is 91.0 Å². The van der Waals surface area contributed by atoms with E-state index in [0.717, 1.165) is 6.54 Å². The van der Waals surface area contributed by atoms with Crippen molar-refractivity contribution in [3.63, 3.8) is 0 Å². The molecular formula is C36H53BN-. The van der Waals surface area contributed by atoms with Crippen LogP contribution in [0.2, 0.25) is 0 Å². The quantitative estimate of drug-likeness (QED) is 0.112. The summed E-state index contributed by atoms with van der Waals surface area (Å²) in [6.45, 7) is 3.34. The molecule has 0 aliphatic rings. The van der Waals surface area contributed by atoms with Gasteiger partial charge in [0.15, 0.2) is 0 Å². The third kappa shape index (κ3) is 10.1. The second-order valence-corrected chi connectivity index (χ2v) is 11.4. The molecule has 0 amide bonds. The summed E-state index contributed by atoms with van der Waals surface area (Å²) in [7, 11) is 0. The number of nitrogens with one attached hydrogen (secondary N) is 1. The zero-order valence-electron chi connectivity index (χ0n) is 24.3. The lowest BCUT2D eigenvalue weighted by molar-refractivity contribution is 0.529. The molecule has 0 radical (unpaired) electrons. The van der Waals surface area contributed by atoms with Crippen molar-refractivity contribution in [3.8, 4) is 0 Å². The Morgan fingerprint density at radius 3 is 1.00 bits per heavy atom. The molecule has 0 aliphatic heterocycles. The van der Waals surface area contributed by atoms with Gasteiger partial charge < -0.3 is 5.23 Å². The molecule has 206 valence electrons. The molecule has 0 aliphatic carbocycles. The van der Waals surface area contributed by atoms with Crippen molar-refractivity contribution in [2.24, 2.45) is 0 Å². The first-order chi connectivity index (χ1) is 18.9. The first kappa shape index (κ1) is 30.2. The average molecular weight is 511 g/mol. The highest BCUT2D eigenvalue weighted by molar-refractivity contribution is 7.09. The molecule has 0 spiro atoms. The third-order valence-electron chi connectivity index (χ3n) is 8.38. The van der Waals surface area contributed by atoms with Crippen molar-refractivity contribution in [1.82, 2.24) is 5.23 Å². The Hall–Kier alpha value is -2.32. The maximum Gasteiger partial charge on any atom is 0.142 e. The van der Waals surface area contributed by atoms with E-state index >= 15 is 0 Å². The molecule has 0 fully saturated rings. The van der Waals surface area contributed by atoms with E-state index in [-0.39, 0.29) is 0 Å². The minimum atomic E-state index is -1.21. The summed E-state index contributed by atoms with van der Waals surface area (Å²) in [6.07, 6.45) is 21.3. The summed E-state index contributed by atoms with van der Waals surface area (Å²) in [5, 5.41) is 4.09. The smallest absolute Gasteiger partial charge is 0.142 e. The Kier molecular flexibility index (Phi) is 15.0. The zero-order chi connectivity index (χ0) is 26.6. The van der Waals surface area contributed by atoms with E-state index in [1.165, 1.54) is 119 Å². The molecule has 38 heavy (non-hydrogen) atoms. The van der Waals surface area contributed by atoms with Gasteiger partial charge in [-0.05, 0) is 13.0 Å². The van der Waals surface area contributed by atoms with Crippen molar-refractivity contribution < 1.29 is 0 Å². The number of hydrogen-bond donors (Lipinski definition) is 1. The molecule has 3 aromatic rings. The van der Waals surface area contributed by atoms with Crippen LogP contribution in [-0.2, 0) is 0 Å². The number of unbranched alkanes of at least 4 members (excludes halogenated alkanes) is 15. The fourth-order valence-electron chi connectivity index (χ4n) is 6.15. The van der Waals surface area contributed by atoms with Gasteiger partial charge in [-0.2, -0.15) is 16.4 Å². The molecule has 0 unspecified atom stereocenters. The molecular weight excluding hydrogens is 457 g/mol. The molecule has 0 saturated carbocycles. The van der Waals surface area contributed by atoms with Gasteiger partial charge in [0.05, 0.1) is 0 Å². The molecule has 0 bridgehead atoms. The Balaban J connectivity index is 1.38. The van der Waals surface area contributed by atoms with E-state index in [9.17, 15) is 0 Å². The number of benzene rings is 3. The number of hydrogen-bond acceptors (Lipinski definition) is 1. The molecule has 0 heterocycles. The molecule has 3 aromatic carbocycles. The summed E-state index contributed by atoms with van der Waals surface area (Å²) in [5.74, 6) is 0. The maximum absolute atomic E-state index is 4.09. The first-order valence-electron chi connectivity index (χ1n) is 15.9. The highest BCUT2D eigenvalue weighted by Gasteiger charge is 2.29. The van der Waals surface area contributed by atoms with Gasteiger partial charge in [0.2, 0.25) is 0 Å². The molecule has 0 saturated heterocycles. The highest BCUT2D eigenvalue weighted by Crippen LogP contribution is 2.14. The standard InChI is InChI=1S/C36H53BN/c1-2-3-4-5-6-7-8-9-10-11-12-13-14-15-16-26-33-38-37(34-27-20-17-21-28-34,35-29-22-18-23-30-35)36-31-24-19-25-32-36/h17-25,27-32,38H,2-16,26,33H2,1H3/q-1. The molecule has 2 heteroatoms. The fourth-order valence-corrected chi connectivity index (χ4v) is 6.15. The van der Waals surface area contributed by atoms with Gasteiger partial charge in [0.25, 0.3) is 0 Å². The van der Waals surface area contributed by atoms with Crippen LogP contribution in [0, 0.1) is 0 Å². The highest BCUT2D eigenvalue weighted by atomic mass is 14.8. The van der Waals surface area contributed by atoms with Gasteiger partial charge in [0, 0.05) is 0 Å². The van der Waals surface area contributed by atoms with Crippen molar-refractivity contribution in [1.29, 1.82) is 0 Å². The fraction of sp³-hybridized carbons (Fsp3) is 0.500. The largest absolute Gasteiger partial charge is 0.477 e. The van der Waals surface area contributed by atoms with Crippen LogP contribution in [0.5, 0.6) is 0 Å². The predicted octanol–water partition coefficient (Wildman–Crippen LogP) is 8.50. The topological polar surface area (TPSA) is 12.0 Å². The molecule has 0 atom stereocenters. The summed E-state index contributed by atoms with van der Waals surface area (Å²) in [5.41, 5.74) is 4.09. The van der Waals surface area contributed by atoms with E-state index in [1.807, 2.05) is 0 Å². The lowest BCUT2D eigenvalue weighted by Gasteiger charge is -2.44. The third-order valence-corrected chi connectivity index (χ3v) is 8.38. The first-order valence-corrected chi connectivity index (χ1v) is 15.9. The van der Waals surface area contributed by atoms with Gasteiger partial charge >= 0.3 is 0 Å². The van der Waals surface area contributed by atoms with E-state index in [0.29, 0.717) is 0 Å². The van der Waals surface area contributed by atoms with Crippen molar-refractivity contribution >= 4 is 22.7 Å². The van der Waals surface area contributed by atoms with Crippen LogP contribution in [0.3, 0.4) is 0 Å². The van der Waals surface area contributed by atoms with E-state index in [1.54, 1.807) is 0 Å². The maximum atomic E-state index is 4.09. The van der Waals surface area contributed by atoms with E-state index in [2.05, 4.69) is 103 Å². The zero-order valence-corrected chi connectivity index (χ0v) is 24.3. The minimum Gasteiger partial charge on any atom is -0.477 e. The molecule has 1 nitrogen and oxygen atoms in total. The Bertz CT molecular complexity index is 844. The summed E-state index contributed by atoms with van der Waals surface area (Å²) < 4.78 is 0. The summed E-state index contributed by atoms with van der Waals surface area (Å²) in [6, 6.07) is 33.2. The Morgan fingerprint density at radius 1 is 0.395 bits per heavy atom. The Morgan fingerprint density at radius 2 is 0.684 bits per heavy atom. The monoisotopic (exact) mass is 510 g/mol. The lowest BCUT2D eigenvalue weighted by atomic mass is 9.24. The van der Waals surface area contributed by atoms with Crippen LogP contribution in [0.1, 0.15) is 110 Å². The molecule has 1 N–H and O–H groups in total. The van der Waals surface area contributed by atoms with Crippen LogP contribution in [-0.4, -0.2) is 12.8 Å². The van der Waals surface area contributed by atoms with Crippen LogP contribution in [0.25, 0.3) is 0 Å². The van der Waals surface area contributed by atoms with Crippen LogP contribution < -0.4 is 21.6 Å². The van der Waals surface area contributed by atoms with Crippen LogP contribution in [0.15, 0.2) is 91.0 Å². The lowest BCUT2D eigenvalue weighted by Crippen LogP contribution is -2.76. The SMILES string of the molecule is CCCCCCCCCCCCCCCCCCN[B-](c1ccccc1)(c1ccccc1)c1ccccc1. The normalized spacial score (nSPS) is 11.6. The average Bonchev–Trinajstić information content (AvgIpc) is 2.98. The summed E-state index contributed by atoms with van der Waals surface area (Å²) in [4.78, 5) is 0. The molecule has 3 rings (SSSR count). The van der Waals surface area contributed by atoms with E-state index in [4.69, 9.17) is 0 Å². The van der Waals surface area contributed by atoms with Gasteiger partial charge in [-0.15, -0.1) is 0 Å². The van der Waals surface area contributed by atoms with Gasteiger partial charge in [-0.3, -0.25) is 0 Å². The van der Waals surface area contributed by atoms with Crippen molar-refractivity contribution in [2.75, 3.05) is 6.54 Å². The van der Waals surface area contributed by atoms with E-state index < -0.39 is 6.28 Å². The van der Waals surface area contributed by atoms with Gasteiger partial charge in [-0.25, -0.2) is 0 Å². The summed E-state index contributed by atoms with van der Waals surface area (Å²) >= 11 is 0. The second-order valence-electron chi connectivity index (χ2n) is 11.4. The van der Waals surface area contributed by atoms with Crippen LogP contribution >= 0.6 is 0 Å². The van der Waals surface area contributed by atoms with Gasteiger partial charge in [0.1, 0.15) is 6.28 Å². The van der Waals surface area contributed by atoms with Crippen molar-refractivity contribution in [2.45, 2.75) is 110 Å². The second kappa shape index (κ2) is 18.9. The minimum absolute atomic E-state index is 1.04. The number of rotatable bonds is 21. The van der Waals surface area contributed by atoms with Crippen LogP contribution in [0.4, 0.5) is 0 Å². The Labute approximate surface area is 234 Å². The molecule has 0 aromatic heterocycles. The van der Waals surface area contributed by atoms with Gasteiger partial charge in [-0.1, -0.05) is 194 Å².